The van der Waals surface area contributed by atoms with Crippen molar-refractivity contribution in [3.8, 4) is 0 Å². The van der Waals surface area contributed by atoms with Crippen molar-refractivity contribution in [2.75, 3.05) is 0 Å². The van der Waals surface area contributed by atoms with E-state index in [2.05, 4.69) is 0 Å². The Hall–Kier alpha value is -1.86. The summed E-state index contributed by atoms with van der Waals surface area (Å²) in [6.07, 6.45) is 3.23. The minimum Gasteiger partial charge on any atom is -0.423 e. The fourth-order valence-corrected chi connectivity index (χ4v) is 1.72. The quantitative estimate of drug-likeness (QED) is 0.690. The second-order valence-corrected chi connectivity index (χ2v) is 4.05. The number of benzene rings is 1. The predicted octanol–water partition coefficient (Wildman–Crippen LogP) is -0.946. The van der Waals surface area contributed by atoms with Gasteiger partial charge in [0.2, 0.25) is 0 Å². The minimum absolute atomic E-state index is 0.189. The number of aromatic nitrogens is 2. The zero-order chi connectivity index (χ0) is 13.3. The molecule has 5 nitrogen and oxygen atoms in total. The summed E-state index contributed by atoms with van der Waals surface area (Å²) in [5.41, 5.74) is 0.231. The maximum Gasteiger partial charge on any atom is 0.491 e. The van der Waals surface area contributed by atoms with Crippen molar-refractivity contribution in [1.29, 1.82) is 0 Å². The molecule has 0 amide bonds. The summed E-state index contributed by atoms with van der Waals surface area (Å²) in [5.74, 6) is -0.686. The highest BCUT2D eigenvalue weighted by Gasteiger charge is 2.17. The predicted molar refractivity (Wildman–Crippen MR) is 65.0 cm³/mol. The Balaban J connectivity index is 2.33. The molecule has 0 aliphatic carbocycles. The summed E-state index contributed by atoms with van der Waals surface area (Å²) in [5, 5.41) is 18.0. The fraction of sp³-hybridized carbons (Fsp3) is 0.182. The maximum absolute atomic E-state index is 13.2. The Morgan fingerprint density at radius 3 is 2.61 bits per heavy atom. The molecule has 2 rings (SSSR count). The van der Waals surface area contributed by atoms with Crippen LogP contribution in [0.1, 0.15) is 5.56 Å². The molecular formula is C11H12BFN2O3. The lowest BCUT2D eigenvalue weighted by atomic mass is 9.79. The maximum atomic E-state index is 13.2. The first-order valence-electron chi connectivity index (χ1n) is 5.35. The smallest absolute Gasteiger partial charge is 0.423 e. The van der Waals surface area contributed by atoms with Gasteiger partial charge in [0.1, 0.15) is 5.82 Å². The second kappa shape index (κ2) is 4.79. The van der Waals surface area contributed by atoms with E-state index in [-0.39, 0.29) is 17.7 Å². The number of halogens is 1. The van der Waals surface area contributed by atoms with Gasteiger partial charge < -0.3 is 14.6 Å². The standard InChI is InChI=1S/C11H12BFN2O3/c1-14-4-5-15(11(14)16)7-8-2-3-10(13)9(6-8)12(17)18/h2-6,17-18H,7H2,1H3. The highest BCUT2D eigenvalue weighted by atomic mass is 19.1. The van der Waals surface area contributed by atoms with Crippen LogP contribution in [0.4, 0.5) is 4.39 Å². The van der Waals surface area contributed by atoms with Crippen molar-refractivity contribution in [2.45, 2.75) is 6.54 Å². The number of hydrogen-bond acceptors (Lipinski definition) is 3. The van der Waals surface area contributed by atoms with Gasteiger partial charge in [-0.25, -0.2) is 9.18 Å². The van der Waals surface area contributed by atoms with Crippen LogP contribution >= 0.6 is 0 Å². The Morgan fingerprint density at radius 2 is 2.06 bits per heavy atom. The van der Waals surface area contributed by atoms with Gasteiger partial charge in [-0.2, -0.15) is 0 Å². The molecule has 0 saturated carbocycles. The molecule has 1 aromatic carbocycles. The van der Waals surface area contributed by atoms with E-state index in [0.717, 1.165) is 6.07 Å². The molecule has 0 fully saturated rings. The number of hydrogen-bond donors (Lipinski definition) is 2. The van der Waals surface area contributed by atoms with Crippen LogP contribution in [0.3, 0.4) is 0 Å². The number of nitrogens with zero attached hydrogens (tertiary/aromatic N) is 2. The van der Waals surface area contributed by atoms with Crippen LogP contribution in [0.5, 0.6) is 0 Å². The van der Waals surface area contributed by atoms with Gasteiger partial charge in [-0.15, -0.1) is 0 Å². The Bertz CT molecular complexity index is 621. The molecule has 0 aliphatic heterocycles. The highest BCUT2D eigenvalue weighted by molar-refractivity contribution is 6.58. The molecule has 94 valence electrons. The van der Waals surface area contributed by atoms with Crippen LogP contribution in [-0.2, 0) is 13.6 Å². The van der Waals surface area contributed by atoms with E-state index in [0.29, 0.717) is 5.56 Å². The van der Waals surface area contributed by atoms with E-state index in [1.807, 2.05) is 0 Å². The summed E-state index contributed by atoms with van der Waals surface area (Å²) in [6.45, 7) is 0.250. The molecule has 0 unspecified atom stereocenters. The lowest BCUT2D eigenvalue weighted by molar-refractivity contribution is 0.423. The molecule has 0 aliphatic rings. The average Bonchev–Trinajstić information content (AvgIpc) is 2.63. The van der Waals surface area contributed by atoms with Gasteiger partial charge >= 0.3 is 12.8 Å². The lowest BCUT2D eigenvalue weighted by Gasteiger charge is -2.06. The molecular weight excluding hydrogens is 238 g/mol. The van der Waals surface area contributed by atoms with E-state index < -0.39 is 12.9 Å². The first kappa shape index (κ1) is 12.6. The van der Waals surface area contributed by atoms with Crippen LogP contribution in [0, 0.1) is 5.82 Å². The van der Waals surface area contributed by atoms with Crippen LogP contribution in [0.15, 0.2) is 35.4 Å². The molecule has 0 atom stereocenters. The summed E-state index contributed by atoms with van der Waals surface area (Å²) >= 11 is 0. The van der Waals surface area contributed by atoms with Crippen molar-refractivity contribution < 1.29 is 14.4 Å². The summed E-state index contributed by atoms with van der Waals surface area (Å²) in [4.78, 5) is 11.6. The third kappa shape index (κ3) is 2.37. The summed E-state index contributed by atoms with van der Waals surface area (Å²) in [6, 6.07) is 3.98. The van der Waals surface area contributed by atoms with Crippen molar-refractivity contribution >= 4 is 12.6 Å². The molecule has 0 spiro atoms. The third-order valence-corrected chi connectivity index (χ3v) is 2.71. The van der Waals surface area contributed by atoms with Gasteiger partial charge in [0.15, 0.2) is 0 Å². The molecule has 0 saturated heterocycles. The SMILES string of the molecule is Cn1ccn(Cc2ccc(F)c(B(O)O)c2)c1=O. The van der Waals surface area contributed by atoms with Gasteiger partial charge in [-0.3, -0.25) is 4.57 Å². The first-order valence-corrected chi connectivity index (χ1v) is 5.35. The minimum atomic E-state index is -1.86. The Kier molecular flexibility index (Phi) is 3.35. The van der Waals surface area contributed by atoms with Crippen LogP contribution < -0.4 is 11.2 Å². The zero-order valence-corrected chi connectivity index (χ0v) is 9.75. The molecule has 18 heavy (non-hydrogen) atoms. The van der Waals surface area contributed by atoms with Crippen molar-refractivity contribution in [1.82, 2.24) is 9.13 Å². The molecule has 7 heteroatoms. The van der Waals surface area contributed by atoms with Crippen molar-refractivity contribution in [3.05, 3.63) is 52.5 Å². The Morgan fingerprint density at radius 1 is 1.33 bits per heavy atom. The second-order valence-electron chi connectivity index (χ2n) is 4.05. The highest BCUT2D eigenvalue weighted by Crippen LogP contribution is 2.03. The molecule has 2 N–H and O–H groups in total. The number of rotatable bonds is 3. The van der Waals surface area contributed by atoms with Gasteiger partial charge in [-0.05, 0) is 11.6 Å². The topological polar surface area (TPSA) is 67.4 Å². The van der Waals surface area contributed by atoms with Crippen molar-refractivity contribution in [2.24, 2.45) is 7.05 Å². The lowest BCUT2D eigenvalue weighted by Crippen LogP contribution is -2.33. The van der Waals surface area contributed by atoms with Gasteiger partial charge in [0.05, 0.1) is 6.54 Å². The average molecular weight is 250 g/mol. The molecule has 0 radical (unpaired) electrons. The van der Waals surface area contributed by atoms with Gasteiger partial charge in [-0.1, -0.05) is 12.1 Å². The zero-order valence-electron chi connectivity index (χ0n) is 9.75. The van der Waals surface area contributed by atoms with E-state index in [9.17, 15) is 9.18 Å². The van der Waals surface area contributed by atoms with Crippen LogP contribution in [-0.4, -0.2) is 26.3 Å². The third-order valence-electron chi connectivity index (χ3n) is 2.71. The molecule has 1 aromatic heterocycles. The van der Waals surface area contributed by atoms with Crippen LogP contribution in [0.2, 0.25) is 0 Å². The van der Waals surface area contributed by atoms with Crippen molar-refractivity contribution in [3.63, 3.8) is 0 Å². The largest absolute Gasteiger partial charge is 0.491 e. The van der Waals surface area contributed by atoms with Gasteiger partial charge in [0, 0.05) is 24.9 Å². The number of imidazole rings is 1. The van der Waals surface area contributed by atoms with E-state index in [1.54, 1.807) is 19.4 Å². The monoisotopic (exact) mass is 250 g/mol. The van der Waals surface area contributed by atoms with E-state index >= 15 is 0 Å². The Labute approximate surface area is 103 Å². The molecule has 0 bridgehead atoms. The summed E-state index contributed by atoms with van der Waals surface area (Å²) < 4.78 is 16.1. The van der Waals surface area contributed by atoms with Crippen LogP contribution in [0.25, 0.3) is 0 Å². The fourth-order valence-electron chi connectivity index (χ4n) is 1.72. The normalized spacial score (nSPS) is 10.7. The first-order chi connectivity index (χ1) is 8.49. The van der Waals surface area contributed by atoms with Gasteiger partial charge in [0.25, 0.3) is 0 Å². The molecule has 1 heterocycles. The number of aryl methyl sites for hydroxylation is 1. The van der Waals surface area contributed by atoms with E-state index in [4.69, 9.17) is 10.0 Å². The summed E-state index contributed by atoms with van der Waals surface area (Å²) in [7, 11) is -0.232. The molecule has 2 aromatic rings. The van der Waals surface area contributed by atoms with E-state index in [1.165, 1.54) is 21.3 Å².